The second kappa shape index (κ2) is 10.7. The van der Waals surface area contributed by atoms with E-state index in [4.69, 9.17) is 4.74 Å². The molecule has 0 fully saturated rings. The number of thioether (sulfide) groups is 1. The number of hydrogen-bond acceptors (Lipinski definition) is 5. The van der Waals surface area contributed by atoms with Crippen molar-refractivity contribution < 1.29 is 19.1 Å². The van der Waals surface area contributed by atoms with Crippen LogP contribution in [0.4, 0.5) is 0 Å². The lowest BCUT2D eigenvalue weighted by Crippen LogP contribution is -2.35. The van der Waals surface area contributed by atoms with Crippen LogP contribution in [0.15, 0.2) is 53.4 Å². The number of esters is 1. The minimum absolute atomic E-state index is 0.0537. The smallest absolute Gasteiger partial charge is 0.340 e. The van der Waals surface area contributed by atoms with Gasteiger partial charge in [0.1, 0.15) is 0 Å². The molecule has 7 heteroatoms. The summed E-state index contributed by atoms with van der Waals surface area (Å²) in [6.07, 6.45) is -0.936. The van der Waals surface area contributed by atoms with Crippen LogP contribution < -0.4 is 5.32 Å². The van der Waals surface area contributed by atoms with Crippen LogP contribution in [0.1, 0.15) is 28.4 Å². The van der Waals surface area contributed by atoms with Crippen LogP contribution in [0.5, 0.6) is 0 Å². The highest BCUT2D eigenvalue weighted by molar-refractivity contribution is 8.00. The lowest BCUT2D eigenvalue weighted by molar-refractivity contribution is -0.129. The van der Waals surface area contributed by atoms with E-state index in [9.17, 15) is 14.4 Å². The van der Waals surface area contributed by atoms with Crippen molar-refractivity contribution in [3.63, 3.8) is 0 Å². The molecule has 0 aromatic heterocycles. The fourth-order valence-electron chi connectivity index (χ4n) is 2.35. The number of hydrogen-bond donors (Lipinski definition) is 1. The lowest BCUT2D eigenvalue weighted by Gasteiger charge is -2.15. The van der Waals surface area contributed by atoms with Gasteiger partial charge in [0.25, 0.3) is 5.91 Å². The summed E-state index contributed by atoms with van der Waals surface area (Å²) in [4.78, 5) is 38.8. The van der Waals surface area contributed by atoms with E-state index in [1.807, 2.05) is 31.2 Å². The summed E-state index contributed by atoms with van der Waals surface area (Å²) in [6.45, 7) is 3.89. The summed E-state index contributed by atoms with van der Waals surface area (Å²) in [5.41, 5.74) is 2.45. The first kappa shape index (κ1) is 22.5. The molecule has 2 aromatic rings. The normalized spacial score (nSPS) is 11.4. The monoisotopic (exact) mass is 414 g/mol. The number of benzene rings is 2. The maximum absolute atomic E-state index is 12.6. The van der Waals surface area contributed by atoms with Crippen molar-refractivity contribution in [2.75, 3.05) is 19.8 Å². The fourth-order valence-corrected chi connectivity index (χ4v) is 3.36. The zero-order valence-corrected chi connectivity index (χ0v) is 17.9. The lowest BCUT2D eigenvalue weighted by atomic mass is 10.1. The predicted octanol–water partition coefficient (Wildman–Crippen LogP) is 3.04. The Morgan fingerprint density at radius 2 is 1.72 bits per heavy atom. The van der Waals surface area contributed by atoms with Crippen LogP contribution in [-0.2, 0) is 20.9 Å². The van der Waals surface area contributed by atoms with Gasteiger partial charge >= 0.3 is 5.97 Å². The van der Waals surface area contributed by atoms with Gasteiger partial charge in [0, 0.05) is 25.5 Å². The molecule has 1 atom stereocenters. The number of nitrogens with zero attached hydrogens (tertiary/aromatic N) is 1. The van der Waals surface area contributed by atoms with E-state index in [0.717, 1.165) is 11.1 Å². The molecule has 0 saturated carbocycles. The molecule has 2 amide bonds. The second-order valence-electron chi connectivity index (χ2n) is 6.82. The molecule has 0 saturated heterocycles. The Kier molecular flexibility index (Phi) is 8.27. The van der Waals surface area contributed by atoms with E-state index < -0.39 is 12.1 Å². The summed E-state index contributed by atoms with van der Waals surface area (Å²) < 4.78 is 5.34. The first-order valence-corrected chi connectivity index (χ1v) is 10.2. The van der Waals surface area contributed by atoms with Gasteiger partial charge in [0.2, 0.25) is 5.91 Å². The molecule has 0 unspecified atom stereocenters. The number of rotatable bonds is 8. The Morgan fingerprint density at radius 1 is 1.07 bits per heavy atom. The Balaban J connectivity index is 1.93. The van der Waals surface area contributed by atoms with Crippen LogP contribution in [0.3, 0.4) is 0 Å². The number of ether oxygens (including phenoxy) is 1. The molecule has 0 heterocycles. The van der Waals surface area contributed by atoms with Crippen molar-refractivity contribution in [3.05, 3.63) is 65.2 Å². The van der Waals surface area contributed by atoms with Gasteiger partial charge in [-0.1, -0.05) is 42.0 Å². The van der Waals surface area contributed by atoms with Gasteiger partial charge in [0.15, 0.2) is 6.10 Å². The number of carbonyl (C=O) groups is 3. The van der Waals surface area contributed by atoms with Gasteiger partial charge in [0.05, 0.1) is 11.3 Å². The molecule has 0 aliphatic rings. The standard InChI is InChI=1S/C22H26N2O4S/c1-15-9-11-17(12-10-15)13-23-21(26)16(2)28-22(27)18-7-5-6-8-19(18)29-14-20(25)24(3)4/h5-12,16H,13-14H2,1-4H3,(H,23,26)/t16-/m1/s1. The van der Waals surface area contributed by atoms with Crippen LogP contribution >= 0.6 is 11.8 Å². The first-order valence-electron chi connectivity index (χ1n) is 9.24. The molecular weight excluding hydrogens is 388 g/mol. The molecule has 1 N–H and O–H groups in total. The highest BCUT2D eigenvalue weighted by Crippen LogP contribution is 2.24. The van der Waals surface area contributed by atoms with E-state index in [0.29, 0.717) is 17.0 Å². The van der Waals surface area contributed by atoms with Crippen molar-refractivity contribution in [3.8, 4) is 0 Å². The quantitative estimate of drug-likeness (QED) is 0.531. The molecular formula is C22H26N2O4S. The Morgan fingerprint density at radius 3 is 2.38 bits per heavy atom. The number of aryl methyl sites for hydroxylation is 1. The molecule has 0 bridgehead atoms. The second-order valence-corrected chi connectivity index (χ2v) is 7.84. The molecule has 154 valence electrons. The zero-order chi connectivity index (χ0) is 21.4. The molecule has 6 nitrogen and oxygen atoms in total. The van der Waals surface area contributed by atoms with Gasteiger partial charge in [-0.05, 0) is 31.5 Å². The van der Waals surface area contributed by atoms with Crippen LogP contribution in [0.2, 0.25) is 0 Å². The minimum Gasteiger partial charge on any atom is -0.449 e. The van der Waals surface area contributed by atoms with Gasteiger partial charge in [-0.25, -0.2) is 4.79 Å². The van der Waals surface area contributed by atoms with Crippen molar-refractivity contribution in [1.82, 2.24) is 10.2 Å². The highest BCUT2D eigenvalue weighted by Gasteiger charge is 2.21. The van der Waals surface area contributed by atoms with E-state index in [2.05, 4.69) is 5.32 Å². The number of nitrogens with one attached hydrogen (secondary N) is 1. The van der Waals surface area contributed by atoms with Crippen molar-refractivity contribution in [2.24, 2.45) is 0 Å². The number of amides is 2. The molecule has 29 heavy (non-hydrogen) atoms. The van der Waals surface area contributed by atoms with Gasteiger partial charge in [-0.15, -0.1) is 11.8 Å². The summed E-state index contributed by atoms with van der Waals surface area (Å²) in [6, 6.07) is 14.7. The maximum atomic E-state index is 12.6. The predicted molar refractivity (Wildman–Crippen MR) is 114 cm³/mol. The Bertz CT molecular complexity index is 865. The first-order chi connectivity index (χ1) is 13.8. The third-order valence-electron chi connectivity index (χ3n) is 4.20. The average molecular weight is 415 g/mol. The van der Waals surface area contributed by atoms with Gasteiger partial charge < -0.3 is 15.0 Å². The van der Waals surface area contributed by atoms with Crippen LogP contribution in [0, 0.1) is 6.92 Å². The largest absolute Gasteiger partial charge is 0.449 e. The summed E-state index contributed by atoms with van der Waals surface area (Å²) in [5, 5.41) is 2.77. The van der Waals surface area contributed by atoms with E-state index in [1.165, 1.54) is 23.6 Å². The minimum atomic E-state index is -0.936. The molecule has 0 radical (unpaired) electrons. The van der Waals surface area contributed by atoms with Gasteiger partial charge in [-0.3, -0.25) is 9.59 Å². The molecule has 2 aromatic carbocycles. The van der Waals surface area contributed by atoms with Crippen molar-refractivity contribution >= 4 is 29.5 Å². The van der Waals surface area contributed by atoms with Crippen LogP contribution in [-0.4, -0.2) is 48.6 Å². The summed E-state index contributed by atoms with van der Waals surface area (Å²) >= 11 is 1.26. The summed E-state index contributed by atoms with van der Waals surface area (Å²) in [7, 11) is 3.36. The average Bonchev–Trinajstić information content (AvgIpc) is 2.71. The van der Waals surface area contributed by atoms with Crippen molar-refractivity contribution in [2.45, 2.75) is 31.4 Å². The fraction of sp³-hybridized carbons (Fsp3) is 0.318. The third-order valence-corrected chi connectivity index (χ3v) is 5.26. The highest BCUT2D eigenvalue weighted by atomic mass is 32.2. The topological polar surface area (TPSA) is 75.7 Å². The van der Waals surface area contributed by atoms with Gasteiger partial charge in [-0.2, -0.15) is 0 Å². The van der Waals surface area contributed by atoms with Crippen molar-refractivity contribution in [1.29, 1.82) is 0 Å². The third kappa shape index (κ3) is 6.94. The molecule has 2 rings (SSSR count). The van der Waals surface area contributed by atoms with E-state index >= 15 is 0 Å². The maximum Gasteiger partial charge on any atom is 0.340 e. The van der Waals surface area contributed by atoms with E-state index in [1.54, 1.807) is 38.4 Å². The van der Waals surface area contributed by atoms with Crippen LogP contribution in [0.25, 0.3) is 0 Å². The molecule has 0 aliphatic carbocycles. The Hall–Kier alpha value is -2.80. The Labute approximate surface area is 175 Å². The zero-order valence-electron chi connectivity index (χ0n) is 17.1. The molecule has 0 spiro atoms. The molecule has 0 aliphatic heterocycles. The van der Waals surface area contributed by atoms with E-state index in [-0.39, 0.29) is 17.6 Å². The summed E-state index contributed by atoms with van der Waals surface area (Å²) in [5.74, 6) is -0.804. The number of carbonyl (C=O) groups excluding carboxylic acids is 3. The SMILES string of the molecule is Cc1ccc(CNC(=O)[C@@H](C)OC(=O)c2ccccc2SCC(=O)N(C)C)cc1.